The standard InChI is InChI=1S/C9H9NO5S/c11-7(12)4-5(9(14)15)10-8(13)6-2-1-3-16-6/h1-3,5H,4H2,(H,10,13)(H,11,12)(H,14,15). The summed E-state index contributed by atoms with van der Waals surface area (Å²) in [6, 6.07) is 1.76. The van der Waals surface area contributed by atoms with E-state index < -0.39 is 30.3 Å². The van der Waals surface area contributed by atoms with Gasteiger partial charge in [-0.3, -0.25) is 9.59 Å². The summed E-state index contributed by atoms with van der Waals surface area (Å²) in [4.78, 5) is 32.8. The summed E-state index contributed by atoms with van der Waals surface area (Å²) in [5, 5.41) is 21.0. The summed E-state index contributed by atoms with van der Waals surface area (Å²) in [5.74, 6) is -3.23. The van der Waals surface area contributed by atoms with Crippen molar-refractivity contribution in [2.45, 2.75) is 12.5 Å². The van der Waals surface area contributed by atoms with Crippen molar-refractivity contribution in [1.82, 2.24) is 5.32 Å². The third-order valence-corrected chi connectivity index (χ3v) is 2.60. The summed E-state index contributed by atoms with van der Waals surface area (Å²) in [5.41, 5.74) is 0. The zero-order valence-corrected chi connectivity index (χ0v) is 8.86. The molecule has 1 rings (SSSR count). The van der Waals surface area contributed by atoms with Gasteiger partial charge in [0.05, 0.1) is 11.3 Å². The molecule has 0 aromatic carbocycles. The van der Waals surface area contributed by atoms with Gasteiger partial charge in [0.1, 0.15) is 6.04 Å². The third kappa shape index (κ3) is 3.35. The lowest BCUT2D eigenvalue weighted by molar-refractivity contribution is -0.145. The molecule has 0 saturated heterocycles. The molecule has 0 aliphatic heterocycles. The highest BCUT2D eigenvalue weighted by Gasteiger charge is 2.23. The van der Waals surface area contributed by atoms with Gasteiger partial charge in [0.15, 0.2) is 0 Å². The van der Waals surface area contributed by atoms with E-state index in [1.807, 2.05) is 0 Å². The Morgan fingerprint density at radius 1 is 1.38 bits per heavy atom. The van der Waals surface area contributed by atoms with Crippen molar-refractivity contribution in [2.24, 2.45) is 0 Å². The zero-order chi connectivity index (χ0) is 12.1. The molecule has 7 heteroatoms. The van der Waals surface area contributed by atoms with Crippen molar-refractivity contribution in [1.29, 1.82) is 0 Å². The summed E-state index contributed by atoms with van der Waals surface area (Å²) in [6.45, 7) is 0. The van der Waals surface area contributed by atoms with Crippen LogP contribution in [0.2, 0.25) is 0 Å². The fraction of sp³-hybridized carbons (Fsp3) is 0.222. The van der Waals surface area contributed by atoms with Gasteiger partial charge in [-0.05, 0) is 11.4 Å². The Labute approximate surface area is 94.5 Å². The molecule has 0 bridgehead atoms. The van der Waals surface area contributed by atoms with E-state index in [0.29, 0.717) is 4.88 Å². The molecule has 16 heavy (non-hydrogen) atoms. The number of carboxylic acids is 2. The van der Waals surface area contributed by atoms with Gasteiger partial charge >= 0.3 is 11.9 Å². The molecule has 0 radical (unpaired) electrons. The lowest BCUT2D eigenvalue weighted by atomic mass is 10.2. The fourth-order valence-corrected chi connectivity index (χ4v) is 1.64. The number of amides is 1. The molecular formula is C9H9NO5S. The van der Waals surface area contributed by atoms with Crippen LogP contribution in [0.5, 0.6) is 0 Å². The number of aliphatic carboxylic acids is 2. The van der Waals surface area contributed by atoms with E-state index in [4.69, 9.17) is 10.2 Å². The maximum absolute atomic E-state index is 11.4. The number of carboxylic acid groups (broad SMARTS) is 2. The highest BCUT2D eigenvalue weighted by Crippen LogP contribution is 2.08. The number of hydrogen-bond donors (Lipinski definition) is 3. The van der Waals surface area contributed by atoms with Gasteiger partial charge in [-0.2, -0.15) is 0 Å². The Morgan fingerprint density at radius 3 is 2.50 bits per heavy atom. The molecule has 6 nitrogen and oxygen atoms in total. The molecule has 1 aromatic rings. The summed E-state index contributed by atoms with van der Waals surface area (Å²) >= 11 is 1.15. The van der Waals surface area contributed by atoms with Crippen LogP contribution in [0.15, 0.2) is 17.5 Å². The van der Waals surface area contributed by atoms with Crippen LogP contribution >= 0.6 is 11.3 Å². The smallest absolute Gasteiger partial charge is 0.326 e. The van der Waals surface area contributed by atoms with Gasteiger partial charge in [-0.15, -0.1) is 11.3 Å². The molecule has 0 aliphatic carbocycles. The second-order valence-electron chi connectivity index (χ2n) is 2.94. The van der Waals surface area contributed by atoms with Crippen molar-refractivity contribution in [3.63, 3.8) is 0 Å². The van der Waals surface area contributed by atoms with Crippen molar-refractivity contribution in [2.75, 3.05) is 0 Å². The SMILES string of the molecule is O=C(O)CC(NC(=O)c1cccs1)C(=O)O. The Morgan fingerprint density at radius 2 is 2.06 bits per heavy atom. The van der Waals surface area contributed by atoms with E-state index in [2.05, 4.69) is 5.32 Å². The van der Waals surface area contributed by atoms with Gasteiger partial charge in [0.2, 0.25) is 0 Å². The minimum atomic E-state index is -1.41. The fourth-order valence-electron chi connectivity index (χ4n) is 1.01. The number of hydrogen-bond acceptors (Lipinski definition) is 4. The second kappa shape index (κ2) is 5.26. The van der Waals surface area contributed by atoms with Gasteiger partial charge in [0.25, 0.3) is 5.91 Å². The van der Waals surface area contributed by atoms with Crippen molar-refractivity contribution >= 4 is 29.2 Å². The van der Waals surface area contributed by atoms with Gasteiger partial charge in [-0.1, -0.05) is 6.07 Å². The highest BCUT2D eigenvalue weighted by atomic mass is 32.1. The van der Waals surface area contributed by atoms with E-state index in [1.54, 1.807) is 11.4 Å². The Kier molecular flexibility index (Phi) is 4.01. The third-order valence-electron chi connectivity index (χ3n) is 1.73. The molecule has 86 valence electrons. The van der Waals surface area contributed by atoms with Crippen LogP contribution in [0.1, 0.15) is 16.1 Å². The first-order valence-corrected chi connectivity index (χ1v) is 5.17. The van der Waals surface area contributed by atoms with E-state index in [-0.39, 0.29) is 0 Å². The van der Waals surface area contributed by atoms with E-state index in [1.165, 1.54) is 6.07 Å². The number of nitrogens with one attached hydrogen (secondary N) is 1. The van der Waals surface area contributed by atoms with Crippen molar-refractivity contribution < 1.29 is 24.6 Å². The van der Waals surface area contributed by atoms with Crippen LogP contribution in [0, 0.1) is 0 Å². The normalized spacial score (nSPS) is 11.8. The molecule has 3 N–H and O–H groups in total. The lowest BCUT2D eigenvalue weighted by Crippen LogP contribution is -2.41. The lowest BCUT2D eigenvalue weighted by Gasteiger charge is -2.11. The second-order valence-corrected chi connectivity index (χ2v) is 3.89. The summed E-state index contributed by atoms with van der Waals surface area (Å²) < 4.78 is 0. The molecule has 1 amide bonds. The van der Waals surface area contributed by atoms with Crippen LogP contribution < -0.4 is 5.32 Å². The van der Waals surface area contributed by atoms with Crippen LogP contribution in [0.3, 0.4) is 0 Å². The van der Waals surface area contributed by atoms with E-state index >= 15 is 0 Å². The Bertz CT molecular complexity index is 400. The number of rotatable bonds is 5. The maximum atomic E-state index is 11.4. The number of carbonyl (C=O) groups is 3. The first-order valence-electron chi connectivity index (χ1n) is 4.29. The number of thiophene rings is 1. The molecule has 1 atom stereocenters. The zero-order valence-electron chi connectivity index (χ0n) is 8.04. The van der Waals surface area contributed by atoms with Crippen LogP contribution in [-0.4, -0.2) is 34.1 Å². The maximum Gasteiger partial charge on any atom is 0.326 e. The summed E-state index contributed by atoms with van der Waals surface area (Å²) in [6.07, 6.45) is -0.646. The van der Waals surface area contributed by atoms with E-state index in [9.17, 15) is 14.4 Å². The van der Waals surface area contributed by atoms with Gasteiger partial charge in [0, 0.05) is 0 Å². The molecule has 0 fully saturated rings. The molecule has 1 aromatic heterocycles. The molecule has 1 unspecified atom stereocenters. The Balaban J connectivity index is 2.65. The summed E-state index contributed by atoms with van der Waals surface area (Å²) in [7, 11) is 0. The average Bonchev–Trinajstić information content (AvgIpc) is 2.68. The van der Waals surface area contributed by atoms with Crippen molar-refractivity contribution in [3.05, 3.63) is 22.4 Å². The van der Waals surface area contributed by atoms with Crippen LogP contribution in [-0.2, 0) is 9.59 Å². The highest BCUT2D eigenvalue weighted by molar-refractivity contribution is 7.12. The molecule has 0 spiro atoms. The average molecular weight is 243 g/mol. The Hall–Kier alpha value is -1.89. The first kappa shape index (κ1) is 12.2. The van der Waals surface area contributed by atoms with Crippen LogP contribution in [0.4, 0.5) is 0 Å². The molecule has 0 saturated carbocycles. The number of carbonyl (C=O) groups excluding carboxylic acids is 1. The van der Waals surface area contributed by atoms with Gasteiger partial charge < -0.3 is 15.5 Å². The quantitative estimate of drug-likeness (QED) is 0.694. The van der Waals surface area contributed by atoms with Gasteiger partial charge in [-0.25, -0.2) is 4.79 Å². The minimum absolute atomic E-state index is 0.344. The predicted octanol–water partition coefficient (Wildman–Crippen LogP) is 0.406. The topological polar surface area (TPSA) is 104 Å². The van der Waals surface area contributed by atoms with Crippen LogP contribution in [0.25, 0.3) is 0 Å². The minimum Gasteiger partial charge on any atom is -0.481 e. The van der Waals surface area contributed by atoms with E-state index in [0.717, 1.165) is 11.3 Å². The van der Waals surface area contributed by atoms with Crippen molar-refractivity contribution in [3.8, 4) is 0 Å². The largest absolute Gasteiger partial charge is 0.481 e. The first-order chi connectivity index (χ1) is 7.50. The molecule has 0 aliphatic rings. The molecular weight excluding hydrogens is 234 g/mol. The molecule has 1 heterocycles. The predicted molar refractivity (Wildman–Crippen MR) is 55.5 cm³/mol. The monoisotopic (exact) mass is 243 g/mol.